The second kappa shape index (κ2) is 8.95. The number of ether oxygens (including phenoxy) is 1. The standard InChI is InChI=1S/C24H33F3N2O3/c1-15(2)23(8-5-19(12-23)28-18-6-9-32-10-7-18)22(31)29-13-16-11-17(24(25,26)27)3-4-20(16)21(30)14-29/h3-4,11,15,18-19,21,28,30H,5-10,12-14H2,1-2H3/t19?,21?,23-/m0/s1. The average molecular weight is 455 g/mol. The van der Waals surface area contributed by atoms with Crippen molar-refractivity contribution in [3.63, 3.8) is 0 Å². The van der Waals surface area contributed by atoms with E-state index in [1.165, 1.54) is 6.07 Å². The molecule has 0 bridgehead atoms. The molecule has 1 amide bonds. The van der Waals surface area contributed by atoms with Crippen LogP contribution >= 0.6 is 0 Å². The SMILES string of the molecule is CC(C)[C@]1(C(=O)N2Cc3cc(C(F)(F)F)ccc3C(O)C2)CCC(NC2CCOCC2)C1. The number of nitrogens with one attached hydrogen (secondary N) is 1. The number of rotatable bonds is 4. The third-order valence-electron chi connectivity index (χ3n) is 7.64. The van der Waals surface area contributed by atoms with Gasteiger partial charge in [0.2, 0.25) is 5.91 Å². The molecule has 2 fully saturated rings. The first kappa shape index (κ1) is 23.5. The van der Waals surface area contributed by atoms with Gasteiger partial charge in [0.15, 0.2) is 0 Å². The van der Waals surface area contributed by atoms with Crippen molar-refractivity contribution in [2.24, 2.45) is 11.3 Å². The van der Waals surface area contributed by atoms with E-state index in [9.17, 15) is 23.1 Å². The van der Waals surface area contributed by atoms with Gasteiger partial charge < -0.3 is 20.1 Å². The van der Waals surface area contributed by atoms with E-state index < -0.39 is 23.3 Å². The van der Waals surface area contributed by atoms with Gasteiger partial charge in [-0.15, -0.1) is 0 Å². The summed E-state index contributed by atoms with van der Waals surface area (Å²) in [4.78, 5) is 15.4. The van der Waals surface area contributed by atoms with E-state index in [4.69, 9.17) is 4.74 Å². The Kier molecular flexibility index (Phi) is 6.58. The highest BCUT2D eigenvalue weighted by Crippen LogP contribution is 2.47. The van der Waals surface area contributed by atoms with E-state index in [2.05, 4.69) is 5.32 Å². The molecule has 5 nitrogen and oxygen atoms in total. The summed E-state index contributed by atoms with van der Waals surface area (Å²) in [6, 6.07) is 4.05. The van der Waals surface area contributed by atoms with Crippen molar-refractivity contribution in [1.82, 2.24) is 10.2 Å². The van der Waals surface area contributed by atoms with Crippen molar-refractivity contribution in [3.8, 4) is 0 Å². The number of alkyl halides is 3. The van der Waals surface area contributed by atoms with E-state index in [-0.39, 0.29) is 31.0 Å². The van der Waals surface area contributed by atoms with Crippen LogP contribution in [0.5, 0.6) is 0 Å². The molecule has 1 aromatic carbocycles. The van der Waals surface area contributed by atoms with Gasteiger partial charge in [-0.25, -0.2) is 0 Å². The number of benzene rings is 1. The molecule has 2 unspecified atom stereocenters. The first-order valence-electron chi connectivity index (χ1n) is 11.6. The van der Waals surface area contributed by atoms with Crippen LogP contribution in [0.15, 0.2) is 18.2 Å². The maximum atomic E-state index is 13.8. The van der Waals surface area contributed by atoms with Gasteiger partial charge in [0, 0.05) is 31.8 Å². The molecule has 0 spiro atoms. The molecule has 3 aliphatic rings. The Bertz CT molecular complexity index is 838. The third kappa shape index (κ3) is 4.54. The topological polar surface area (TPSA) is 61.8 Å². The second-order valence-corrected chi connectivity index (χ2v) is 9.92. The smallest absolute Gasteiger partial charge is 0.387 e. The number of carbonyl (C=O) groups is 1. The van der Waals surface area contributed by atoms with E-state index in [1.54, 1.807) is 4.90 Å². The monoisotopic (exact) mass is 454 g/mol. The maximum Gasteiger partial charge on any atom is 0.416 e. The molecule has 8 heteroatoms. The number of hydrogen-bond donors (Lipinski definition) is 2. The number of carbonyl (C=O) groups excluding carboxylic acids is 1. The largest absolute Gasteiger partial charge is 0.416 e. The molecule has 1 saturated carbocycles. The number of fused-ring (bicyclic) bond motifs is 1. The van der Waals surface area contributed by atoms with E-state index in [0.717, 1.165) is 51.0 Å². The minimum absolute atomic E-state index is 0.0501. The summed E-state index contributed by atoms with van der Waals surface area (Å²) in [7, 11) is 0. The van der Waals surface area contributed by atoms with E-state index in [1.807, 2.05) is 13.8 Å². The molecule has 2 N–H and O–H groups in total. The van der Waals surface area contributed by atoms with Crippen LogP contribution in [0.4, 0.5) is 13.2 Å². The number of hydrogen-bond acceptors (Lipinski definition) is 4. The molecule has 3 atom stereocenters. The number of β-amino-alcohol motifs (C(OH)–C–C–N with tert-alkyl or cyclic N) is 1. The summed E-state index contributed by atoms with van der Waals surface area (Å²) in [6.45, 7) is 5.81. The molecule has 2 aliphatic heterocycles. The molecule has 4 rings (SSSR count). The minimum atomic E-state index is -4.46. The fourth-order valence-electron chi connectivity index (χ4n) is 5.67. The van der Waals surface area contributed by atoms with Crippen LogP contribution in [0.1, 0.15) is 68.7 Å². The van der Waals surface area contributed by atoms with Crippen LogP contribution in [0.25, 0.3) is 0 Å². The lowest BCUT2D eigenvalue weighted by Crippen LogP contribution is -2.49. The second-order valence-electron chi connectivity index (χ2n) is 9.92. The van der Waals surface area contributed by atoms with Gasteiger partial charge in [0.25, 0.3) is 0 Å². The summed E-state index contributed by atoms with van der Waals surface area (Å²) >= 11 is 0. The Morgan fingerprint density at radius 1 is 1.22 bits per heavy atom. The van der Waals surface area contributed by atoms with Crippen LogP contribution in [-0.4, -0.2) is 47.8 Å². The fourth-order valence-corrected chi connectivity index (χ4v) is 5.67. The Morgan fingerprint density at radius 3 is 2.59 bits per heavy atom. The van der Waals surface area contributed by atoms with Crippen LogP contribution in [0.2, 0.25) is 0 Å². The van der Waals surface area contributed by atoms with E-state index >= 15 is 0 Å². The summed E-state index contributed by atoms with van der Waals surface area (Å²) in [5.74, 6) is 0.0439. The lowest BCUT2D eigenvalue weighted by atomic mass is 9.73. The van der Waals surface area contributed by atoms with Crippen molar-refractivity contribution in [1.29, 1.82) is 0 Å². The normalized spacial score (nSPS) is 29.4. The average Bonchev–Trinajstić information content (AvgIpc) is 3.18. The summed E-state index contributed by atoms with van der Waals surface area (Å²) < 4.78 is 45.0. The van der Waals surface area contributed by atoms with Crippen molar-refractivity contribution in [3.05, 3.63) is 34.9 Å². The Labute approximate surface area is 187 Å². The zero-order valence-electron chi connectivity index (χ0n) is 18.8. The number of aliphatic hydroxyl groups is 1. The highest BCUT2D eigenvalue weighted by Gasteiger charge is 2.50. The van der Waals surface area contributed by atoms with Gasteiger partial charge >= 0.3 is 6.18 Å². The Hall–Kier alpha value is -1.64. The molecular weight excluding hydrogens is 421 g/mol. The van der Waals surface area contributed by atoms with Crippen molar-refractivity contribution < 1.29 is 27.8 Å². The van der Waals surface area contributed by atoms with Crippen molar-refractivity contribution in [2.75, 3.05) is 19.8 Å². The van der Waals surface area contributed by atoms with Gasteiger partial charge in [0.1, 0.15) is 0 Å². The number of aliphatic hydroxyl groups excluding tert-OH is 1. The van der Waals surface area contributed by atoms with Crippen molar-refractivity contribution >= 4 is 5.91 Å². The summed E-state index contributed by atoms with van der Waals surface area (Å²) in [5.41, 5.74) is -0.466. The van der Waals surface area contributed by atoms with Crippen LogP contribution < -0.4 is 5.32 Å². The summed E-state index contributed by atoms with van der Waals surface area (Å²) in [5, 5.41) is 14.3. The molecule has 178 valence electrons. The highest BCUT2D eigenvalue weighted by molar-refractivity contribution is 5.84. The lowest BCUT2D eigenvalue weighted by molar-refractivity contribution is -0.148. The Morgan fingerprint density at radius 2 is 1.94 bits per heavy atom. The first-order chi connectivity index (χ1) is 15.1. The predicted octanol–water partition coefficient (Wildman–Crippen LogP) is 4.04. The molecule has 32 heavy (non-hydrogen) atoms. The van der Waals surface area contributed by atoms with Crippen LogP contribution in [0, 0.1) is 11.3 Å². The van der Waals surface area contributed by atoms with Gasteiger partial charge in [-0.05, 0) is 61.3 Å². The molecule has 1 aliphatic carbocycles. The predicted molar refractivity (Wildman–Crippen MR) is 114 cm³/mol. The number of halogens is 3. The highest BCUT2D eigenvalue weighted by atomic mass is 19.4. The number of nitrogens with zero attached hydrogens (tertiary/aromatic N) is 1. The van der Waals surface area contributed by atoms with Gasteiger partial charge in [-0.1, -0.05) is 19.9 Å². The van der Waals surface area contributed by atoms with Gasteiger partial charge in [0.05, 0.1) is 23.6 Å². The molecule has 0 aromatic heterocycles. The Balaban J connectivity index is 1.52. The molecule has 0 radical (unpaired) electrons. The molecule has 2 heterocycles. The third-order valence-corrected chi connectivity index (χ3v) is 7.64. The minimum Gasteiger partial charge on any atom is -0.387 e. The van der Waals surface area contributed by atoms with Crippen molar-refractivity contribution in [2.45, 2.75) is 76.9 Å². The number of amides is 1. The zero-order chi connectivity index (χ0) is 23.1. The fraction of sp³-hybridized carbons (Fsp3) is 0.708. The maximum absolute atomic E-state index is 13.8. The molecular formula is C24H33F3N2O3. The lowest BCUT2D eigenvalue weighted by Gasteiger charge is -2.41. The van der Waals surface area contributed by atoms with Gasteiger partial charge in [-0.3, -0.25) is 4.79 Å². The van der Waals surface area contributed by atoms with Crippen LogP contribution in [0.3, 0.4) is 0 Å². The quantitative estimate of drug-likeness (QED) is 0.721. The molecule has 1 saturated heterocycles. The van der Waals surface area contributed by atoms with E-state index in [0.29, 0.717) is 23.6 Å². The first-order valence-corrected chi connectivity index (χ1v) is 11.6. The summed E-state index contributed by atoms with van der Waals surface area (Å²) in [6.07, 6.45) is -1.15. The van der Waals surface area contributed by atoms with Crippen LogP contribution in [-0.2, 0) is 22.3 Å². The van der Waals surface area contributed by atoms with Gasteiger partial charge in [-0.2, -0.15) is 13.2 Å². The zero-order valence-corrected chi connectivity index (χ0v) is 18.8. The molecule has 1 aromatic rings.